The molecule has 1 N–H and O–H groups in total. The minimum atomic E-state index is 0.208. The first-order chi connectivity index (χ1) is 11.2. The lowest BCUT2D eigenvalue weighted by Gasteiger charge is -2.57. The van der Waals surface area contributed by atoms with E-state index in [4.69, 9.17) is 9.47 Å². The molecule has 0 atom stereocenters. The molecule has 5 rings (SSSR count). The van der Waals surface area contributed by atoms with Gasteiger partial charge in [0.25, 0.3) is 0 Å². The van der Waals surface area contributed by atoms with Crippen molar-refractivity contribution < 1.29 is 14.3 Å². The van der Waals surface area contributed by atoms with Crippen molar-refractivity contribution >= 4 is 12.1 Å². The second kappa shape index (κ2) is 5.43. The number of carbonyl (C=O) groups is 1. The highest BCUT2D eigenvalue weighted by Crippen LogP contribution is 2.62. The third-order valence-corrected chi connectivity index (χ3v) is 6.35. The molecule has 1 aromatic rings. The van der Waals surface area contributed by atoms with Crippen LogP contribution in [0, 0.1) is 17.8 Å². The molecular formula is C19H25NO3. The minimum absolute atomic E-state index is 0.208. The molecule has 0 unspecified atom stereocenters. The normalized spacial score (nSPS) is 34.3. The van der Waals surface area contributed by atoms with Crippen molar-refractivity contribution in [2.45, 2.75) is 43.9 Å². The SMILES string of the molecule is COc1cc(NC=O)c(C23CC4CC(CC(C4)C2)C3)cc1OC. The van der Waals surface area contributed by atoms with Gasteiger partial charge in [-0.25, -0.2) is 0 Å². The van der Waals surface area contributed by atoms with Gasteiger partial charge < -0.3 is 14.8 Å². The van der Waals surface area contributed by atoms with E-state index in [9.17, 15) is 4.79 Å². The summed E-state index contributed by atoms with van der Waals surface area (Å²) in [6.07, 6.45) is 8.74. The summed E-state index contributed by atoms with van der Waals surface area (Å²) in [6.45, 7) is 0. The summed E-state index contributed by atoms with van der Waals surface area (Å²) in [4.78, 5) is 11.1. The summed E-state index contributed by atoms with van der Waals surface area (Å²) < 4.78 is 10.9. The summed E-state index contributed by atoms with van der Waals surface area (Å²) in [5, 5.41) is 2.91. The molecule has 4 aliphatic carbocycles. The molecule has 0 aromatic heterocycles. The van der Waals surface area contributed by atoms with Crippen LogP contribution in [-0.2, 0) is 10.2 Å². The maximum absolute atomic E-state index is 11.1. The van der Waals surface area contributed by atoms with E-state index < -0.39 is 0 Å². The zero-order valence-electron chi connectivity index (χ0n) is 13.9. The molecule has 0 aliphatic heterocycles. The minimum Gasteiger partial charge on any atom is -0.493 e. The maximum Gasteiger partial charge on any atom is 0.211 e. The lowest BCUT2D eigenvalue weighted by molar-refractivity contribution is -0.105. The van der Waals surface area contributed by atoms with Crippen molar-refractivity contribution in [3.63, 3.8) is 0 Å². The van der Waals surface area contributed by atoms with Crippen LogP contribution >= 0.6 is 0 Å². The average molecular weight is 315 g/mol. The monoisotopic (exact) mass is 315 g/mol. The molecular weight excluding hydrogens is 290 g/mol. The van der Waals surface area contributed by atoms with Gasteiger partial charge in [-0.05, 0) is 73.3 Å². The van der Waals surface area contributed by atoms with Crippen LogP contribution < -0.4 is 14.8 Å². The van der Waals surface area contributed by atoms with Crippen molar-refractivity contribution in [2.24, 2.45) is 17.8 Å². The summed E-state index contributed by atoms with van der Waals surface area (Å²) in [5.41, 5.74) is 2.35. The van der Waals surface area contributed by atoms with E-state index >= 15 is 0 Å². The Morgan fingerprint density at radius 3 is 2.00 bits per heavy atom. The molecule has 4 saturated carbocycles. The van der Waals surface area contributed by atoms with Crippen LogP contribution in [0.3, 0.4) is 0 Å². The maximum atomic E-state index is 11.1. The fraction of sp³-hybridized carbons (Fsp3) is 0.632. The summed E-state index contributed by atoms with van der Waals surface area (Å²) in [6, 6.07) is 4.03. The number of nitrogens with one attached hydrogen (secondary N) is 1. The van der Waals surface area contributed by atoms with Crippen molar-refractivity contribution in [1.29, 1.82) is 0 Å². The zero-order valence-corrected chi connectivity index (χ0v) is 13.9. The van der Waals surface area contributed by atoms with E-state index in [0.29, 0.717) is 5.75 Å². The second-order valence-electron chi connectivity index (χ2n) is 7.71. The van der Waals surface area contributed by atoms with Crippen molar-refractivity contribution in [2.75, 3.05) is 19.5 Å². The molecule has 4 fully saturated rings. The summed E-state index contributed by atoms with van der Waals surface area (Å²) in [7, 11) is 3.31. The third-order valence-electron chi connectivity index (χ3n) is 6.35. The predicted molar refractivity (Wildman–Crippen MR) is 89.1 cm³/mol. The molecule has 0 heterocycles. The van der Waals surface area contributed by atoms with Crippen LogP contribution in [0.5, 0.6) is 11.5 Å². The first-order valence-electron chi connectivity index (χ1n) is 8.64. The van der Waals surface area contributed by atoms with E-state index in [1.54, 1.807) is 14.2 Å². The Labute approximate surface area is 137 Å². The van der Waals surface area contributed by atoms with Gasteiger partial charge in [0.05, 0.1) is 14.2 Å². The molecule has 0 spiro atoms. The van der Waals surface area contributed by atoms with Gasteiger partial charge >= 0.3 is 0 Å². The molecule has 23 heavy (non-hydrogen) atoms. The molecule has 1 amide bonds. The van der Waals surface area contributed by atoms with Crippen LogP contribution in [0.25, 0.3) is 0 Å². The molecule has 124 valence electrons. The molecule has 4 bridgehead atoms. The first kappa shape index (κ1) is 14.9. The predicted octanol–water partition coefficient (Wildman–Crippen LogP) is 3.74. The van der Waals surface area contributed by atoms with Crippen molar-refractivity contribution in [3.8, 4) is 11.5 Å². The highest BCUT2D eigenvalue weighted by atomic mass is 16.5. The Kier molecular flexibility index (Phi) is 3.51. The van der Waals surface area contributed by atoms with Gasteiger partial charge in [-0.15, -0.1) is 0 Å². The fourth-order valence-corrected chi connectivity index (χ4v) is 5.94. The van der Waals surface area contributed by atoms with E-state index in [1.165, 1.54) is 44.1 Å². The summed E-state index contributed by atoms with van der Waals surface area (Å²) >= 11 is 0. The number of benzene rings is 1. The molecule has 4 nitrogen and oxygen atoms in total. The Bertz CT molecular complexity index is 590. The van der Waals surface area contributed by atoms with Gasteiger partial charge in [0, 0.05) is 11.8 Å². The Hall–Kier alpha value is -1.71. The van der Waals surface area contributed by atoms with Gasteiger partial charge in [0.2, 0.25) is 6.41 Å². The number of methoxy groups -OCH3 is 2. The number of amides is 1. The first-order valence-corrected chi connectivity index (χ1v) is 8.64. The zero-order chi connectivity index (χ0) is 16.0. The van der Waals surface area contributed by atoms with Gasteiger partial charge in [-0.2, -0.15) is 0 Å². The lowest BCUT2D eigenvalue weighted by atomic mass is 9.48. The van der Waals surface area contributed by atoms with E-state index in [2.05, 4.69) is 11.4 Å². The number of ether oxygens (including phenoxy) is 2. The number of anilines is 1. The molecule has 4 heteroatoms. The molecule has 1 aromatic carbocycles. The fourth-order valence-electron chi connectivity index (χ4n) is 5.94. The molecule has 0 radical (unpaired) electrons. The largest absolute Gasteiger partial charge is 0.493 e. The van der Waals surface area contributed by atoms with Crippen LogP contribution in [0.2, 0.25) is 0 Å². The Balaban J connectivity index is 1.82. The van der Waals surface area contributed by atoms with E-state index in [1.807, 2.05) is 6.07 Å². The standard InChI is InChI=1S/C19H25NO3/c1-22-17-6-15(16(20-11-21)7-18(17)23-2)19-8-12-3-13(9-19)5-14(4-12)10-19/h6-7,11-14H,3-5,8-10H2,1-2H3,(H,20,21). The van der Waals surface area contributed by atoms with Crippen LogP contribution in [0.15, 0.2) is 12.1 Å². The van der Waals surface area contributed by atoms with Crippen LogP contribution in [0.4, 0.5) is 5.69 Å². The van der Waals surface area contributed by atoms with Crippen LogP contribution in [-0.4, -0.2) is 20.6 Å². The number of carbonyl (C=O) groups excluding carboxylic acids is 1. The Morgan fingerprint density at radius 2 is 1.52 bits per heavy atom. The summed E-state index contributed by atoms with van der Waals surface area (Å²) in [5.74, 6) is 4.01. The molecule has 4 aliphatic rings. The van der Waals surface area contributed by atoms with Gasteiger partial charge in [0.15, 0.2) is 11.5 Å². The van der Waals surface area contributed by atoms with E-state index in [-0.39, 0.29) is 5.41 Å². The Morgan fingerprint density at radius 1 is 1.00 bits per heavy atom. The number of hydrogen-bond donors (Lipinski definition) is 1. The topological polar surface area (TPSA) is 47.6 Å². The van der Waals surface area contributed by atoms with Crippen molar-refractivity contribution in [1.82, 2.24) is 0 Å². The third kappa shape index (κ3) is 2.30. The van der Waals surface area contributed by atoms with Gasteiger partial charge in [-0.1, -0.05) is 0 Å². The van der Waals surface area contributed by atoms with E-state index in [0.717, 1.165) is 35.6 Å². The van der Waals surface area contributed by atoms with Crippen molar-refractivity contribution in [3.05, 3.63) is 17.7 Å². The lowest BCUT2D eigenvalue weighted by Crippen LogP contribution is -2.48. The smallest absolute Gasteiger partial charge is 0.211 e. The van der Waals surface area contributed by atoms with Gasteiger partial charge in [-0.3, -0.25) is 4.79 Å². The highest BCUT2D eigenvalue weighted by molar-refractivity contribution is 5.76. The van der Waals surface area contributed by atoms with Crippen LogP contribution in [0.1, 0.15) is 44.1 Å². The van der Waals surface area contributed by atoms with Gasteiger partial charge in [0.1, 0.15) is 0 Å². The molecule has 0 saturated heterocycles. The second-order valence-corrected chi connectivity index (χ2v) is 7.71. The number of hydrogen-bond acceptors (Lipinski definition) is 3. The number of rotatable bonds is 5. The quantitative estimate of drug-likeness (QED) is 0.842. The highest BCUT2D eigenvalue weighted by Gasteiger charge is 2.52. The average Bonchev–Trinajstić information content (AvgIpc) is 2.53.